The maximum atomic E-state index is 12.7. The first-order chi connectivity index (χ1) is 15.1. The van der Waals surface area contributed by atoms with Gasteiger partial charge in [-0.1, -0.05) is 6.07 Å². The van der Waals surface area contributed by atoms with Crippen molar-refractivity contribution in [3.8, 4) is 0 Å². The van der Waals surface area contributed by atoms with Crippen LogP contribution in [0.15, 0.2) is 23.0 Å². The van der Waals surface area contributed by atoms with Crippen molar-refractivity contribution in [2.45, 2.75) is 31.7 Å². The van der Waals surface area contributed by atoms with E-state index in [0.717, 1.165) is 36.5 Å². The van der Waals surface area contributed by atoms with Crippen molar-refractivity contribution in [3.05, 3.63) is 34.2 Å². The molecule has 9 heteroatoms. The first-order valence-electron chi connectivity index (χ1n) is 10.7. The van der Waals surface area contributed by atoms with Crippen molar-refractivity contribution in [3.63, 3.8) is 0 Å². The highest BCUT2D eigenvalue weighted by Gasteiger charge is 2.18. The minimum atomic E-state index is -0.643. The number of ether oxygens (including phenoxy) is 3. The molecule has 2 aromatic rings. The fraction of sp³-hybridized carbons (Fsp3) is 0.591. The van der Waals surface area contributed by atoms with E-state index in [9.17, 15) is 14.4 Å². The van der Waals surface area contributed by atoms with E-state index >= 15 is 0 Å². The van der Waals surface area contributed by atoms with E-state index in [2.05, 4.69) is 0 Å². The van der Waals surface area contributed by atoms with Crippen LogP contribution >= 0.6 is 0 Å². The second kappa shape index (κ2) is 13.9. The van der Waals surface area contributed by atoms with Crippen LogP contribution in [0.4, 0.5) is 0 Å². The van der Waals surface area contributed by atoms with Gasteiger partial charge < -0.3 is 29.5 Å². The lowest BCUT2D eigenvalue weighted by molar-refractivity contribution is -0.111. The van der Waals surface area contributed by atoms with Gasteiger partial charge in [0, 0.05) is 26.6 Å². The number of benzene rings is 1. The number of aldehydes is 2. The number of aromatic nitrogens is 2. The Morgan fingerprint density at radius 3 is 2.32 bits per heavy atom. The highest BCUT2D eigenvalue weighted by atomic mass is 16.5. The quantitative estimate of drug-likeness (QED) is 0.291. The highest BCUT2D eigenvalue weighted by molar-refractivity contribution is 5.78. The summed E-state index contributed by atoms with van der Waals surface area (Å²) in [4.78, 5) is 34.8. The van der Waals surface area contributed by atoms with E-state index in [1.807, 2.05) is 18.2 Å². The van der Waals surface area contributed by atoms with Gasteiger partial charge in [-0.25, -0.2) is 4.79 Å². The van der Waals surface area contributed by atoms with E-state index in [4.69, 9.17) is 19.9 Å². The van der Waals surface area contributed by atoms with Crippen LogP contribution in [0.25, 0.3) is 11.0 Å². The number of carbonyl (C=O) groups excluding carboxylic acids is 2. The van der Waals surface area contributed by atoms with Crippen LogP contribution in [-0.2, 0) is 37.3 Å². The Labute approximate surface area is 182 Å². The van der Waals surface area contributed by atoms with Gasteiger partial charge in [-0.05, 0) is 37.0 Å². The SMILES string of the molecule is Cn1c(=O)n(C(C=O)CCC=O)c2ccc(CCCOCCOCCOCCN)cc21. The number of fused-ring (bicyclic) bond motifs is 1. The Morgan fingerprint density at radius 2 is 1.68 bits per heavy atom. The van der Waals surface area contributed by atoms with Gasteiger partial charge in [0.15, 0.2) is 0 Å². The Morgan fingerprint density at radius 1 is 1.00 bits per heavy atom. The van der Waals surface area contributed by atoms with Gasteiger partial charge in [0.05, 0.1) is 50.1 Å². The zero-order valence-electron chi connectivity index (χ0n) is 18.2. The highest BCUT2D eigenvalue weighted by Crippen LogP contribution is 2.20. The fourth-order valence-electron chi connectivity index (χ4n) is 3.39. The monoisotopic (exact) mass is 435 g/mol. The molecular weight excluding hydrogens is 402 g/mol. The maximum absolute atomic E-state index is 12.7. The Hall–Kier alpha value is -2.33. The lowest BCUT2D eigenvalue weighted by atomic mass is 10.1. The normalized spacial score (nSPS) is 12.3. The molecule has 9 nitrogen and oxygen atoms in total. The third kappa shape index (κ3) is 7.39. The standard InChI is InChI=1S/C22H33N3O6/c1-24-21-16-18(4-3-10-29-12-14-31-15-13-30-11-8-23)6-7-20(21)25(22(24)28)19(17-27)5-2-9-26/h6-7,9,16-17,19H,2-5,8,10-15,23H2,1H3. The molecule has 0 spiro atoms. The van der Waals surface area contributed by atoms with Crippen LogP contribution in [0.2, 0.25) is 0 Å². The average molecular weight is 436 g/mol. The summed E-state index contributed by atoms with van der Waals surface area (Å²) in [5, 5.41) is 0. The summed E-state index contributed by atoms with van der Waals surface area (Å²) in [5.74, 6) is 0. The van der Waals surface area contributed by atoms with Crippen LogP contribution < -0.4 is 11.4 Å². The van der Waals surface area contributed by atoms with Crippen molar-refractivity contribution in [2.75, 3.05) is 46.2 Å². The van der Waals surface area contributed by atoms with Crippen molar-refractivity contribution in [1.29, 1.82) is 0 Å². The topological polar surface area (TPSA) is 115 Å². The minimum absolute atomic E-state index is 0.234. The molecule has 172 valence electrons. The first-order valence-corrected chi connectivity index (χ1v) is 10.7. The van der Waals surface area contributed by atoms with Gasteiger partial charge >= 0.3 is 5.69 Å². The molecule has 2 rings (SSSR count). The Bertz CT molecular complexity index is 876. The summed E-state index contributed by atoms with van der Waals surface area (Å²) in [6, 6.07) is 5.16. The number of hydrogen-bond acceptors (Lipinski definition) is 7. The Balaban J connectivity index is 1.83. The molecule has 0 bridgehead atoms. The largest absolute Gasteiger partial charge is 0.379 e. The number of nitrogens with two attached hydrogens (primary N) is 1. The first kappa shape index (κ1) is 24.9. The molecule has 1 unspecified atom stereocenters. The third-order valence-corrected chi connectivity index (χ3v) is 4.98. The van der Waals surface area contributed by atoms with Crippen LogP contribution in [0.3, 0.4) is 0 Å². The lowest BCUT2D eigenvalue weighted by Gasteiger charge is -2.11. The zero-order valence-corrected chi connectivity index (χ0v) is 18.2. The number of aryl methyl sites for hydroxylation is 2. The predicted octanol–water partition coefficient (Wildman–Crippen LogP) is 1.00. The number of hydrogen-bond donors (Lipinski definition) is 1. The van der Waals surface area contributed by atoms with Crippen molar-refractivity contribution in [1.82, 2.24) is 9.13 Å². The second-order valence-electron chi connectivity index (χ2n) is 7.21. The molecule has 0 aliphatic rings. The van der Waals surface area contributed by atoms with Gasteiger partial charge in [0.25, 0.3) is 0 Å². The van der Waals surface area contributed by atoms with Crippen LogP contribution in [0.1, 0.15) is 30.9 Å². The van der Waals surface area contributed by atoms with Crippen molar-refractivity contribution in [2.24, 2.45) is 12.8 Å². The molecule has 0 saturated heterocycles. The molecule has 0 amide bonds. The maximum Gasteiger partial charge on any atom is 0.329 e. The van der Waals surface area contributed by atoms with E-state index in [1.54, 1.807) is 11.6 Å². The molecule has 0 aliphatic heterocycles. The van der Waals surface area contributed by atoms with Crippen molar-refractivity contribution >= 4 is 23.6 Å². The van der Waals surface area contributed by atoms with Gasteiger partial charge in [-0.2, -0.15) is 0 Å². The second-order valence-corrected chi connectivity index (χ2v) is 7.21. The van der Waals surface area contributed by atoms with Crippen LogP contribution in [-0.4, -0.2) is 67.9 Å². The molecule has 0 aliphatic carbocycles. The summed E-state index contributed by atoms with van der Waals surface area (Å²) in [5.41, 5.74) is 7.63. The minimum Gasteiger partial charge on any atom is -0.379 e. The van der Waals surface area contributed by atoms with E-state index in [0.29, 0.717) is 58.1 Å². The van der Waals surface area contributed by atoms with Gasteiger partial charge in [0.2, 0.25) is 0 Å². The number of rotatable bonds is 17. The average Bonchev–Trinajstić information content (AvgIpc) is 3.03. The fourth-order valence-corrected chi connectivity index (χ4v) is 3.39. The molecular formula is C22H33N3O6. The number of imidazole rings is 1. The van der Waals surface area contributed by atoms with Gasteiger partial charge in [-0.3, -0.25) is 9.13 Å². The summed E-state index contributed by atoms with van der Waals surface area (Å²) in [6.07, 6.45) is 3.69. The molecule has 2 N–H and O–H groups in total. The molecule has 0 radical (unpaired) electrons. The smallest absolute Gasteiger partial charge is 0.329 e. The van der Waals surface area contributed by atoms with E-state index in [1.165, 1.54) is 4.57 Å². The van der Waals surface area contributed by atoms with Gasteiger partial charge in [0.1, 0.15) is 12.6 Å². The Kier molecular flexibility index (Phi) is 11.2. The molecule has 1 heterocycles. The van der Waals surface area contributed by atoms with Crippen LogP contribution in [0, 0.1) is 0 Å². The molecule has 0 saturated carbocycles. The number of nitrogens with zero attached hydrogens (tertiary/aromatic N) is 2. The zero-order chi connectivity index (χ0) is 22.5. The molecule has 0 fully saturated rings. The molecule has 1 atom stereocenters. The lowest BCUT2D eigenvalue weighted by Crippen LogP contribution is -2.27. The third-order valence-electron chi connectivity index (χ3n) is 4.98. The van der Waals surface area contributed by atoms with E-state index < -0.39 is 6.04 Å². The van der Waals surface area contributed by atoms with Crippen molar-refractivity contribution < 1.29 is 23.8 Å². The molecule has 1 aromatic heterocycles. The number of carbonyl (C=O) groups is 2. The molecule has 31 heavy (non-hydrogen) atoms. The van der Waals surface area contributed by atoms with E-state index in [-0.39, 0.29) is 12.1 Å². The molecule has 1 aromatic carbocycles. The summed E-state index contributed by atoms with van der Waals surface area (Å²) in [7, 11) is 1.69. The van der Waals surface area contributed by atoms with Crippen LogP contribution in [0.5, 0.6) is 0 Å². The summed E-state index contributed by atoms with van der Waals surface area (Å²) >= 11 is 0. The predicted molar refractivity (Wildman–Crippen MR) is 117 cm³/mol. The van der Waals surface area contributed by atoms with Gasteiger partial charge in [-0.15, -0.1) is 0 Å². The summed E-state index contributed by atoms with van der Waals surface area (Å²) < 4.78 is 19.2. The summed E-state index contributed by atoms with van der Waals surface area (Å²) in [6.45, 7) is 3.79.